The fourth-order valence-corrected chi connectivity index (χ4v) is 2.09. The lowest BCUT2D eigenvalue weighted by Gasteiger charge is -1.98. The normalized spacial score (nSPS) is 10.8. The first-order chi connectivity index (χ1) is 10.0. The zero-order valence-corrected chi connectivity index (χ0v) is 11.9. The minimum absolute atomic E-state index is 0.0217. The maximum atomic E-state index is 13.1. The second-order valence-electron chi connectivity index (χ2n) is 4.22. The summed E-state index contributed by atoms with van der Waals surface area (Å²) in [4.78, 5) is 4.19. The van der Waals surface area contributed by atoms with Crippen LogP contribution in [0.1, 0.15) is 0 Å². The van der Waals surface area contributed by atoms with Crippen molar-refractivity contribution in [3.63, 3.8) is 0 Å². The molecule has 1 N–H and O–H groups in total. The van der Waals surface area contributed by atoms with Crippen LogP contribution in [0.5, 0.6) is 5.75 Å². The molecule has 0 saturated carbocycles. The Kier molecular flexibility index (Phi) is 3.53. The summed E-state index contributed by atoms with van der Waals surface area (Å²) in [5.74, 6) is -0.0524. The number of phenolic OH excluding ortho intramolecular Hbond substituents is 1. The molecule has 0 unspecified atom stereocenters. The second kappa shape index (κ2) is 5.35. The molecule has 106 valence electrons. The molecular formula is C14H7Cl2FN2O2. The molecule has 1 heterocycles. The molecule has 0 saturated heterocycles. The Balaban J connectivity index is 1.99. The summed E-state index contributed by atoms with van der Waals surface area (Å²) in [5.41, 5.74) is 1.09. The van der Waals surface area contributed by atoms with Gasteiger partial charge in [-0.05, 0) is 36.4 Å². The average molecular weight is 325 g/mol. The van der Waals surface area contributed by atoms with Crippen molar-refractivity contribution in [3.8, 4) is 28.6 Å². The number of halogens is 3. The third-order valence-corrected chi connectivity index (χ3v) is 3.39. The number of nitrogens with zero attached hydrogens (tertiary/aromatic N) is 2. The molecular weight excluding hydrogens is 318 g/mol. The number of hydrogen-bond acceptors (Lipinski definition) is 4. The van der Waals surface area contributed by atoms with Crippen molar-refractivity contribution in [2.75, 3.05) is 0 Å². The van der Waals surface area contributed by atoms with Gasteiger partial charge in [-0.1, -0.05) is 28.4 Å². The first-order valence-corrected chi connectivity index (χ1v) is 6.58. The van der Waals surface area contributed by atoms with Crippen LogP contribution in [0.3, 0.4) is 0 Å². The number of benzene rings is 2. The highest BCUT2D eigenvalue weighted by Gasteiger charge is 2.13. The van der Waals surface area contributed by atoms with E-state index in [2.05, 4.69) is 10.1 Å². The summed E-state index contributed by atoms with van der Waals surface area (Å²) < 4.78 is 18.3. The Morgan fingerprint density at radius 1 is 1.00 bits per heavy atom. The van der Waals surface area contributed by atoms with E-state index in [4.69, 9.17) is 27.7 Å². The summed E-state index contributed by atoms with van der Waals surface area (Å²) in [6.07, 6.45) is 0. The van der Waals surface area contributed by atoms with E-state index in [1.165, 1.54) is 30.3 Å². The molecule has 3 aromatic rings. The van der Waals surface area contributed by atoms with Crippen LogP contribution in [0.15, 0.2) is 40.9 Å². The minimum Gasteiger partial charge on any atom is -0.506 e. The lowest BCUT2D eigenvalue weighted by atomic mass is 10.2. The number of aromatic hydroxyl groups is 1. The smallest absolute Gasteiger partial charge is 0.258 e. The lowest BCUT2D eigenvalue weighted by molar-refractivity contribution is 0.432. The standard InChI is InChI=1S/C14H7Cl2FN2O2/c15-9-5-7(1-3-11(9)17)13-18-14(21-19-13)8-2-4-12(20)10(16)6-8/h1-6,20H. The molecule has 1 aromatic heterocycles. The van der Waals surface area contributed by atoms with Gasteiger partial charge in [-0.25, -0.2) is 4.39 Å². The van der Waals surface area contributed by atoms with Gasteiger partial charge in [0, 0.05) is 11.1 Å². The van der Waals surface area contributed by atoms with Gasteiger partial charge in [0.05, 0.1) is 10.0 Å². The molecule has 0 aliphatic rings. The molecule has 0 spiro atoms. The Morgan fingerprint density at radius 3 is 2.43 bits per heavy atom. The SMILES string of the molecule is Oc1ccc(-c2nc(-c3ccc(F)c(Cl)c3)no2)cc1Cl. The van der Waals surface area contributed by atoms with Gasteiger partial charge in [-0.15, -0.1) is 0 Å². The molecule has 4 nitrogen and oxygen atoms in total. The molecule has 21 heavy (non-hydrogen) atoms. The zero-order valence-electron chi connectivity index (χ0n) is 10.3. The van der Waals surface area contributed by atoms with E-state index < -0.39 is 5.82 Å². The first kappa shape index (κ1) is 13.9. The summed E-state index contributed by atoms with van der Waals surface area (Å²) >= 11 is 11.5. The maximum Gasteiger partial charge on any atom is 0.258 e. The van der Waals surface area contributed by atoms with E-state index in [0.717, 1.165) is 0 Å². The van der Waals surface area contributed by atoms with E-state index in [9.17, 15) is 9.50 Å². The Hall–Kier alpha value is -2.11. The van der Waals surface area contributed by atoms with Gasteiger partial charge in [0.2, 0.25) is 5.82 Å². The third kappa shape index (κ3) is 2.70. The van der Waals surface area contributed by atoms with Gasteiger partial charge in [-0.3, -0.25) is 0 Å². The van der Waals surface area contributed by atoms with Gasteiger partial charge >= 0.3 is 0 Å². The zero-order chi connectivity index (χ0) is 15.0. The van der Waals surface area contributed by atoms with Gasteiger partial charge < -0.3 is 9.63 Å². The Bertz CT molecular complexity index is 754. The van der Waals surface area contributed by atoms with Gasteiger partial charge in [0.15, 0.2) is 0 Å². The van der Waals surface area contributed by atoms with Crippen molar-refractivity contribution in [3.05, 3.63) is 52.3 Å². The van der Waals surface area contributed by atoms with Crippen molar-refractivity contribution in [2.24, 2.45) is 0 Å². The number of hydrogen-bond donors (Lipinski definition) is 1. The predicted molar refractivity (Wildman–Crippen MR) is 76.8 cm³/mol. The molecule has 2 aromatic carbocycles. The van der Waals surface area contributed by atoms with Crippen LogP contribution in [0.2, 0.25) is 10.0 Å². The topological polar surface area (TPSA) is 59.2 Å². The van der Waals surface area contributed by atoms with Gasteiger partial charge in [0.1, 0.15) is 11.6 Å². The van der Waals surface area contributed by atoms with Crippen LogP contribution < -0.4 is 0 Å². The van der Waals surface area contributed by atoms with E-state index in [0.29, 0.717) is 11.1 Å². The number of rotatable bonds is 2. The van der Waals surface area contributed by atoms with Gasteiger partial charge in [-0.2, -0.15) is 4.98 Å². The summed E-state index contributed by atoms with van der Waals surface area (Å²) in [7, 11) is 0. The van der Waals surface area contributed by atoms with E-state index in [1.54, 1.807) is 6.07 Å². The highest BCUT2D eigenvalue weighted by Crippen LogP contribution is 2.30. The van der Waals surface area contributed by atoms with E-state index in [1.807, 2.05) is 0 Å². The van der Waals surface area contributed by atoms with Crippen molar-refractivity contribution in [2.45, 2.75) is 0 Å². The fourth-order valence-electron chi connectivity index (χ4n) is 1.73. The van der Waals surface area contributed by atoms with Crippen molar-refractivity contribution in [1.82, 2.24) is 10.1 Å². The molecule has 0 fully saturated rings. The van der Waals surface area contributed by atoms with Crippen LogP contribution in [0.25, 0.3) is 22.8 Å². The van der Waals surface area contributed by atoms with Crippen LogP contribution in [-0.4, -0.2) is 15.2 Å². The predicted octanol–water partition coefficient (Wildman–Crippen LogP) is 4.56. The Morgan fingerprint density at radius 2 is 1.71 bits per heavy atom. The summed E-state index contributed by atoms with van der Waals surface area (Å²) in [5, 5.41) is 13.4. The van der Waals surface area contributed by atoms with Crippen LogP contribution in [0, 0.1) is 5.82 Å². The van der Waals surface area contributed by atoms with Crippen molar-refractivity contribution >= 4 is 23.2 Å². The highest BCUT2D eigenvalue weighted by molar-refractivity contribution is 6.32. The Labute approximate surface area is 128 Å². The molecule has 0 aliphatic carbocycles. The summed E-state index contributed by atoms with van der Waals surface area (Å²) in [6, 6.07) is 8.67. The highest BCUT2D eigenvalue weighted by atomic mass is 35.5. The van der Waals surface area contributed by atoms with Crippen LogP contribution in [0.4, 0.5) is 4.39 Å². The fraction of sp³-hybridized carbons (Fsp3) is 0. The molecule has 7 heteroatoms. The van der Waals surface area contributed by atoms with E-state index in [-0.39, 0.29) is 27.5 Å². The van der Waals surface area contributed by atoms with Crippen LogP contribution >= 0.6 is 23.2 Å². The monoisotopic (exact) mass is 324 g/mol. The maximum absolute atomic E-state index is 13.1. The minimum atomic E-state index is -0.519. The largest absolute Gasteiger partial charge is 0.506 e. The molecule has 0 radical (unpaired) electrons. The number of phenols is 1. The molecule has 0 amide bonds. The molecule has 0 bridgehead atoms. The average Bonchev–Trinajstić information content (AvgIpc) is 2.94. The van der Waals surface area contributed by atoms with E-state index >= 15 is 0 Å². The van der Waals surface area contributed by atoms with Crippen molar-refractivity contribution < 1.29 is 14.0 Å². The quantitative estimate of drug-likeness (QED) is 0.751. The summed E-state index contributed by atoms with van der Waals surface area (Å²) in [6.45, 7) is 0. The number of aromatic nitrogens is 2. The molecule has 3 rings (SSSR count). The van der Waals surface area contributed by atoms with Crippen LogP contribution in [-0.2, 0) is 0 Å². The second-order valence-corrected chi connectivity index (χ2v) is 5.03. The molecule has 0 atom stereocenters. The molecule has 0 aliphatic heterocycles. The first-order valence-electron chi connectivity index (χ1n) is 5.82. The van der Waals surface area contributed by atoms with Crippen molar-refractivity contribution in [1.29, 1.82) is 0 Å². The third-order valence-electron chi connectivity index (χ3n) is 2.80. The van der Waals surface area contributed by atoms with Gasteiger partial charge in [0.25, 0.3) is 5.89 Å². The lowest BCUT2D eigenvalue weighted by Crippen LogP contribution is -1.84.